The number of Topliss-reactive ketones (excluding diaryl/α,β-unsaturated/α-hetero) is 1. The molecule has 1 heterocycles. The van der Waals surface area contributed by atoms with Crippen LogP contribution in [0.25, 0.3) is 0 Å². The van der Waals surface area contributed by atoms with Gasteiger partial charge in [-0.15, -0.1) is 0 Å². The Morgan fingerprint density at radius 2 is 1.95 bits per heavy atom. The fraction of sp³-hybridized carbons (Fsp3) is 0.353. The number of aromatic nitrogens is 2. The summed E-state index contributed by atoms with van der Waals surface area (Å²) in [7, 11) is 1.64. The highest BCUT2D eigenvalue weighted by atomic mass is 16.5. The topological polar surface area (TPSA) is 78.1 Å². The normalized spacial score (nSPS) is 17.2. The molecule has 5 nitrogen and oxygen atoms in total. The molecule has 0 fully saturated rings. The molecular weight excluding hydrogens is 278 g/mol. The molecule has 0 saturated carbocycles. The number of methoxy groups -OCH3 is 1. The SMILES string of the molecule is CCc1nc(N)nc2c1C(=O)CC(c1ccc(OC)cc1)C2. The first-order chi connectivity index (χ1) is 10.6. The van der Waals surface area contributed by atoms with Gasteiger partial charge < -0.3 is 10.5 Å². The van der Waals surface area contributed by atoms with Crippen molar-refractivity contribution in [1.82, 2.24) is 9.97 Å². The van der Waals surface area contributed by atoms with Crippen molar-refractivity contribution in [3.05, 3.63) is 46.8 Å². The van der Waals surface area contributed by atoms with Crippen LogP contribution >= 0.6 is 0 Å². The zero-order valence-electron chi connectivity index (χ0n) is 12.8. The molecule has 0 radical (unpaired) electrons. The van der Waals surface area contributed by atoms with Crippen LogP contribution in [0.4, 0.5) is 5.95 Å². The number of aryl methyl sites for hydroxylation is 1. The minimum Gasteiger partial charge on any atom is -0.497 e. The highest BCUT2D eigenvalue weighted by molar-refractivity contribution is 5.99. The maximum atomic E-state index is 12.5. The van der Waals surface area contributed by atoms with Crippen LogP contribution in [-0.4, -0.2) is 22.9 Å². The van der Waals surface area contributed by atoms with Gasteiger partial charge in [0.05, 0.1) is 24.1 Å². The van der Waals surface area contributed by atoms with Crippen molar-refractivity contribution in [2.75, 3.05) is 12.8 Å². The third-order valence-corrected chi connectivity index (χ3v) is 4.15. The van der Waals surface area contributed by atoms with Gasteiger partial charge in [-0.3, -0.25) is 4.79 Å². The van der Waals surface area contributed by atoms with Crippen LogP contribution in [0.15, 0.2) is 24.3 Å². The summed E-state index contributed by atoms with van der Waals surface area (Å²) in [5.41, 5.74) is 9.12. The van der Waals surface area contributed by atoms with Gasteiger partial charge in [0.25, 0.3) is 0 Å². The van der Waals surface area contributed by atoms with E-state index in [1.807, 2.05) is 31.2 Å². The van der Waals surface area contributed by atoms with Gasteiger partial charge in [0.15, 0.2) is 5.78 Å². The Labute approximate surface area is 129 Å². The fourth-order valence-electron chi connectivity index (χ4n) is 3.05. The van der Waals surface area contributed by atoms with E-state index in [0.717, 1.165) is 22.7 Å². The number of rotatable bonds is 3. The molecule has 0 aliphatic heterocycles. The Morgan fingerprint density at radius 1 is 1.23 bits per heavy atom. The average molecular weight is 297 g/mol. The molecule has 1 aliphatic rings. The number of nitrogens with two attached hydrogens (primary N) is 1. The molecular formula is C17H19N3O2. The summed E-state index contributed by atoms with van der Waals surface area (Å²) in [6.07, 6.45) is 1.89. The second kappa shape index (κ2) is 5.75. The number of nitrogen functional groups attached to an aromatic ring is 1. The van der Waals surface area contributed by atoms with Crippen molar-refractivity contribution < 1.29 is 9.53 Å². The van der Waals surface area contributed by atoms with E-state index < -0.39 is 0 Å². The lowest BCUT2D eigenvalue weighted by molar-refractivity contribution is 0.0961. The highest BCUT2D eigenvalue weighted by Crippen LogP contribution is 2.34. The first-order valence-corrected chi connectivity index (χ1v) is 7.44. The Morgan fingerprint density at radius 3 is 2.59 bits per heavy atom. The predicted molar refractivity (Wildman–Crippen MR) is 84.2 cm³/mol. The third kappa shape index (κ3) is 2.54. The van der Waals surface area contributed by atoms with Crippen molar-refractivity contribution in [3.63, 3.8) is 0 Å². The molecule has 5 heteroatoms. The Bertz CT molecular complexity index is 711. The molecule has 1 aromatic carbocycles. The van der Waals surface area contributed by atoms with Gasteiger partial charge in [0.1, 0.15) is 5.75 Å². The molecule has 3 rings (SSSR count). The summed E-state index contributed by atoms with van der Waals surface area (Å²) >= 11 is 0. The number of nitrogens with zero attached hydrogens (tertiary/aromatic N) is 2. The average Bonchev–Trinajstić information content (AvgIpc) is 2.53. The van der Waals surface area contributed by atoms with E-state index in [9.17, 15) is 4.79 Å². The van der Waals surface area contributed by atoms with Gasteiger partial charge in [-0.1, -0.05) is 19.1 Å². The number of fused-ring (bicyclic) bond motifs is 1. The lowest BCUT2D eigenvalue weighted by atomic mass is 9.81. The third-order valence-electron chi connectivity index (χ3n) is 4.15. The summed E-state index contributed by atoms with van der Waals surface area (Å²) in [6, 6.07) is 7.85. The lowest BCUT2D eigenvalue weighted by Gasteiger charge is -2.24. The summed E-state index contributed by atoms with van der Waals surface area (Å²) in [5, 5.41) is 0. The molecule has 1 aromatic heterocycles. The molecule has 114 valence electrons. The van der Waals surface area contributed by atoms with Crippen molar-refractivity contribution in [2.45, 2.75) is 32.1 Å². The molecule has 1 unspecified atom stereocenters. The van der Waals surface area contributed by atoms with E-state index in [0.29, 0.717) is 24.8 Å². The zero-order valence-corrected chi connectivity index (χ0v) is 12.8. The van der Waals surface area contributed by atoms with E-state index in [1.165, 1.54) is 0 Å². The van der Waals surface area contributed by atoms with Gasteiger partial charge >= 0.3 is 0 Å². The Kier molecular flexibility index (Phi) is 3.79. The second-order valence-electron chi connectivity index (χ2n) is 5.51. The number of ether oxygens (including phenoxy) is 1. The molecule has 2 aromatic rings. The van der Waals surface area contributed by atoms with Gasteiger partial charge in [-0.05, 0) is 36.5 Å². The molecule has 1 atom stereocenters. The monoisotopic (exact) mass is 297 g/mol. The molecule has 0 bridgehead atoms. The zero-order chi connectivity index (χ0) is 15.7. The van der Waals surface area contributed by atoms with E-state index in [1.54, 1.807) is 7.11 Å². The predicted octanol–water partition coefficient (Wildman–Crippen LogP) is 2.54. The maximum absolute atomic E-state index is 12.5. The number of anilines is 1. The first kappa shape index (κ1) is 14.5. The number of carbonyl (C=O) groups is 1. The lowest BCUT2D eigenvalue weighted by Crippen LogP contribution is -2.23. The van der Waals surface area contributed by atoms with Crippen LogP contribution in [-0.2, 0) is 12.8 Å². The van der Waals surface area contributed by atoms with Gasteiger partial charge in [0, 0.05) is 6.42 Å². The molecule has 0 spiro atoms. The number of carbonyl (C=O) groups excluding carboxylic acids is 1. The molecule has 0 amide bonds. The first-order valence-electron chi connectivity index (χ1n) is 7.44. The van der Waals surface area contributed by atoms with Crippen LogP contribution < -0.4 is 10.5 Å². The smallest absolute Gasteiger partial charge is 0.220 e. The van der Waals surface area contributed by atoms with Crippen LogP contribution in [0.2, 0.25) is 0 Å². The molecule has 1 aliphatic carbocycles. The summed E-state index contributed by atoms with van der Waals surface area (Å²) in [4.78, 5) is 21.0. The van der Waals surface area contributed by atoms with E-state index in [-0.39, 0.29) is 17.6 Å². The van der Waals surface area contributed by atoms with Gasteiger partial charge in [-0.2, -0.15) is 0 Å². The molecule has 2 N–H and O–H groups in total. The van der Waals surface area contributed by atoms with Crippen molar-refractivity contribution in [3.8, 4) is 5.75 Å². The minimum atomic E-state index is 0.110. The molecule has 22 heavy (non-hydrogen) atoms. The summed E-state index contributed by atoms with van der Waals surface area (Å²) in [5.74, 6) is 1.30. The van der Waals surface area contributed by atoms with Crippen molar-refractivity contribution >= 4 is 11.7 Å². The highest BCUT2D eigenvalue weighted by Gasteiger charge is 2.30. The quantitative estimate of drug-likeness (QED) is 0.942. The second-order valence-corrected chi connectivity index (χ2v) is 5.51. The molecule has 0 saturated heterocycles. The van der Waals surface area contributed by atoms with Crippen molar-refractivity contribution in [1.29, 1.82) is 0 Å². The van der Waals surface area contributed by atoms with Crippen LogP contribution in [0.3, 0.4) is 0 Å². The number of benzene rings is 1. The summed E-state index contributed by atoms with van der Waals surface area (Å²) < 4.78 is 5.18. The van der Waals surface area contributed by atoms with Crippen LogP contribution in [0.5, 0.6) is 5.75 Å². The summed E-state index contributed by atoms with van der Waals surface area (Å²) in [6.45, 7) is 1.98. The van der Waals surface area contributed by atoms with Crippen molar-refractivity contribution in [2.24, 2.45) is 0 Å². The van der Waals surface area contributed by atoms with Crippen LogP contribution in [0.1, 0.15) is 46.6 Å². The Balaban J connectivity index is 1.96. The van der Waals surface area contributed by atoms with E-state index >= 15 is 0 Å². The largest absolute Gasteiger partial charge is 0.497 e. The number of ketones is 1. The Hall–Kier alpha value is -2.43. The van der Waals surface area contributed by atoms with Gasteiger partial charge in [0.2, 0.25) is 5.95 Å². The number of hydrogen-bond acceptors (Lipinski definition) is 5. The number of hydrogen-bond donors (Lipinski definition) is 1. The maximum Gasteiger partial charge on any atom is 0.220 e. The minimum absolute atomic E-state index is 0.110. The van der Waals surface area contributed by atoms with Gasteiger partial charge in [-0.25, -0.2) is 9.97 Å². The van der Waals surface area contributed by atoms with E-state index in [4.69, 9.17) is 10.5 Å². The van der Waals surface area contributed by atoms with Crippen LogP contribution in [0, 0.1) is 0 Å². The fourth-order valence-corrected chi connectivity index (χ4v) is 3.05. The standard InChI is InChI=1S/C17H19N3O2/c1-3-13-16-14(20-17(18)19-13)8-11(9-15(16)21)10-4-6-12(22-2)7-5-10/h4-7,11H,3,8-9H2,1-2H3,(H2,18,19,20). The van der Waals surface area contributed by atoms with E-state index in [2.05, 4.69) is 9.97 Å².